The number of carbonyl (C=O) groups excluding carboxylic acids is 2. The van der Waals surface area contributed by atoms with E-state index >= 15 is 0 Å². The van der Waals surface area contributed by atoms with Crippen molar-refractivity contribution in [3.63, 3.8) is 0 Å². The molecule has 0 saturated carbocycles. The summed E-state index contributed by atoms with van der Waals surface area (Å²) in [7, 11) is 0. The smallest absolute Gasteiger partial charge is 0.407 e. The van der Waals surface area contributed by atoms with Crippen LogP contribution in [0.2, 0.25) is 5.02 Å². The first kappa shape index (κ1) is 15.7. The molecular formula is C14H9ClF2N2O3. The van der Waals surface area contributed by atoms with Crippen LogP contribution in [0.15, 0.2) is 36.4 Å². The van der Waals surface area contributed by atoms with Gasteiger partial charge in [0.15, 0.2) is 11.6 Å². The number of ether oxygens (including phenoxy) is 1. The number of anilines is 1. The zero-order valence-electron chi connectivity index (χ0n) is 10.9. The van der Waals surface area contributed by atoms with Crippen LogP contribution in [0.1, 0.15) is 10.4 Å². The predicted octanol–water partition coefficient (Wildman–Crippen LogP) is 3.33. The lowest BCUT2D eigenvalue weighted by Crippen LogP contribution is -2.19. The molecule has 22 heavy (non-hydrogen) atoms. The fourth-order valence-electron chi connectivity index (χ4n) is 1.66. The lowest BCUT2D eigenvalue weighted by Gasteiger charge is -2.10. The first-order valence-electron chi connectivity index (χ1n) is 5.90. The van der Waals surface area contributed by atoms with Gasteiger partial charge in [-0.3, -0.25) is 4.79 Å². The lowest BCUT2D eigenvalue weighted by molar-refractivity contribution is 0.102. The van der Waals surface area contributed by atoms with Gasteiger partial charge in [-0.25, -0.2) is 13.6 Å². The topological polar surface area (TPSA) is 81.4 Å². The van der Waals surface area contributed by atoms with Gasteiger partial charge in [-0.1, -0.05) is 11.6 Å². The van der Waals surface area contributed by atoms with Gasteiger partial charge in [0.1, 0.15) is 5.82 Å². The maximum absolute atomic E-state index is 14.2. The van der Waals surface area contributed by atoms with Gasteiger partial charge < -0.3 is 15.8 Å². The molecule has 0 aliphatic rings. The number of nitrogens with two attached hydrogens (primary N) is 1. The Morgan fingerprint density at radius 3 is 2.32 bits per heavy atom. The highest BCUT2D eigenvalue weighted by molar-refractivity contribution is 6.34. The van der Waals surface area contributed by atoms with Crippen molar-refractivity contribution >= 4 is 29.3 Å². The molecule has 0 unspecified atom stereocenters. The van der Waals surface area contributed by atoms with E-state index in [1.807, 2.05) is 0 Å². The quantitative estimate of drug-likeness (QED) is 0.907. The van der Waals surface area contributed by atoms with Crippen molar-refractivity contribution in [1.82, 2.24) is 0 Å². The van der Waals surface area contributed by atoms with Crippen LogP contribution in [0, 0.1) is 11.6 Å². The zero-order chi connectivity index (χ0) is 16.3. The van der Waals surface area contributed by atoms with Crippen LogP contribution in [-0.4, -0.2) is 12.0 Å². The first-order chi connectivity index (χ1) is 10.4. The van der Waals surface area contributed by atoms with E-state index < -0.39 is 34.9 Å². The number of carbonyl (C=O) groups is 2. The highest BCUT2D eigenvalue weighted by Gasteiger charge is 2.21. The normalized spacial score (nSPS) is 10.1. The summed E-state index contributed by atoms with van der Waals surface area (Å²) in [4.78, 5) is 22.8. The molecule has 114 valence electrons. The lowest BCUT2D eigenvalue weighted by atomic mass is 10.1. The van der Waals surface area contributed by atoms with Gasteiger partial charge in [0, 0.05) is 5.69 Å². The molecule has 2 aromatic rings. The summed E-state index contributed by atoms with van der Waals surface area (Å²) in [5, 5.41) is 2.16. The summed E-state index contributed by atoms with van der Waals surface area (Å²) in [6, 6.07) is 7.09. The predicted molar refractivity (Wildman–Crippen MR) is 76.0 cm³/mol. The Hall–Kier alpha value is -2.67. The summed E-state index contributed by atoms with van der Waals surface area (Å²) in [5.41, 5.74) is 4.51. The summed E-state index contributed by atoms with van der Waals surface area (Å²) >= 11 is 5.79. The summed E-state index contributed by atoms with van der Waals surface area (Å²) in [6.45, 7) is 0. The second-order valence-electron chi connectivity index (χ2n) is 4.12. The molecule has 0 bridgehead atoms. The third kappa shape index (κ3) is 3.50. The Kier molecular flexibility index (Phi) is 4.57. The van der Waals surface area contributed by atoms with Gasteiger partial charge in [0.05, 0.1) is 10.6 Å². The van der Waals surface area contributed by atoms with Crippen molar-refractivity contribution < 1.29 is 23.1 Å². The fourth-order valence-corrected chi connectivity index (χ4v) is 1.89. The van der Waals surface area contributed by atoms with E-state index in [9.17, 15) is 18.4 Å². The Balaban J connectivity index is 2.32. The third-order valence-electron chi connectivity index (χ3n) is 2.60. The summed E-state index contributed by atoms with van der Waals surface area (Å²) in [6.07, 6.45) is -1.23. The molecule has 0 aromatic heterocycles. The van der Waals surface area contributed by atoms with E-state index in [0.717, 1.165) is 18.2 Å². The number of primary amides is 1. The minimum Gasteiger partial charge on any atom is -0.407 e. The van der Waals surface area contributed by atoms with Gasteiger partial charge >= 0.3 is 6.09 Å². The van der Waals surface area contributed by atoms with E-state index in [1.165, 1.54) is 18.2 Å². The third-order valence-corrected chi connectivity index (χ3v) is 2.91. The van der Waals surface area contributed by atoms with E-state index in [2.05, 4.69) is 10.1 Å². The highest BCUT2D eigenvalue weighted by atomic mass is 35.5. The first-order valence-corrected chi connectivity index (χ1v) is 6.28. The van der Waals surface area contributed by atoms with Gasteiger partial charge in [-0.2, -0.15) is 0 Å². The number of benzene rings is 2. The molecule has 0 aliphatic heterocycles. The molecule has 0 heterocycles. The minimum absolute atomic E-state index is 0.186. The van der Waals surface area contributed by atoms with E-state index in [1.54, 1.807) is 0 Å². The van der Waals surface area contributed by atoms with Crippen molar-refractivity contribution in [1.29, 1.82) is 0 Å². The molecule has 2 aromatic carbocycles. The van der Waals surface area contributed by atoms with Crippen molar-refractivity contribution in [2.45, 2.75) is 0 Å². The van der Waals surface area contributed by atoms with Crippen LogP contribution in [0.5, 0.6) is 5.75 Å². The second-order valence-corrected chi connectivity index (χ2v) is 4.52. The number of nitrogens with one attached hydrogen (secondary N) is 1. The number of halogens is 3. The zero-order valence-corrected chi connectivity index (χ0v) is 11.7. The van der Waals surface area contributed by atoms with Crippen molar-refractivity contribution in [2.24, 2.45) is 5.73 Å². The highest BCUT2D eigenvalue weighted by Crippen LogP contribution is 2.28. The van der Waals surface area contributed by atoms with E-state index in [4.69, 9.17) is 17.3 Å². The van der Waals surface area contributed by atoms with Gasteiger partial charge in [0.2, 0.25) is 0 Å². The van der Waals surface area contributed by atoms with Crippen molar-refractivity contribution in [3.8, 4) is 5.75 Å². The molecule has 0 spiro atoms. The second kappa shape index (κ2) is 6.40. The van der Waals surface area contributed by atoms with Gasteiger partial charge in [-0.15, -0.1) is 0 Å². The van der Waals surface area contributed by atoms with Crippen LogP contribution in [-0.2, 0) is 0 Å². The van der Waals surface area contributed by atoms with Crippen molar-refractivity contribution in [3.05, 3.63) is 58.6 Å². The standard InChI is InChI=1S/C14H9ClF2N2O3/c15-9-5-6-10(22-14(18)21)12(17)11(9)13(20)19-8-3-1-7(16)2-4-8/h1-6H,(H2,18,21)(H,19,20). The number of hydrogen-bond donors (Lipinski definition) is 2. The SMILES string of the molecule is NC(=O)Oc1ccc(Cl)c(C(=O)Nc2ccc(F)cc2)c1F. The number of hydrogen-bond acceptors (Lipinski definition) is 3. The maximum Gasteiger partial charge on any atom is 0.410 e. The Bertz CT molecular complexity index is 736. The molecular weight excluding hydrogens is 318 g/mol. The van der Waals surface area contributed by atoms with E-state index in [-0.39, 0.29) is 10.7 Å². The Labute approximate surface area is 128 Å². The molecule has 0 fully saturated rings. The largest absolute Gasteiger partial charge is 0.410 e. The molecule has 5 nitrogen and oxygen atoms in total. The summed E-state index contributed by atoms with van der Waals surface area (Å²) < 4.78 is 31.4. The Morgan fingerprint density at radius 1 is 1.09 bits per heavy atom. The molecule has 2 rings (SSSR count). The van der Waals surface area contributed by atoms with E-state index in [0.29, 0.717) is 0 Å². The fraction of sp³-hybridized carbons (Fsp3) is 0. The average Bonchev–Trinajstić information content (AvgIpc) is 2.44. The number of rotatable bonds is 3. The van der Waals surface area contributed by atoms with Gasteiger partial charge in [-0.05, 0) is 36.4 Å². The molecule has 3 N–H and O–H groups in total. The van der Waals surface area contributed by atoms with Crippen LogP contribution in [0.3, 0.4) is 0 Å². The number of amides is 2. The Morgan fingerprint density at radius 2 is 1.73 bits per heavy atom. The monoisotopic (exact) mass is 326 g/mol. The van der Waals surface area contributed by atoms with Gasteiger partial charge in [0.25, 0.3) is 5.91 Å². The molecule has 0 saturated heterocycles. The molecule has 0 radical (unpaired) electrons. The molecule has 0 atom stereocenters. The van der Waals surface area contributed by atoms with Crippen LogP contribution < -0.4 is 15.8 Å². The molecule has 2 amide bonds. The molecule has 0 aliphatic carbocycles. The van der Waals surface area contributed by atoms with Crippen LogP contribution in [0.25, 0.3) is 0 Å². The minimum atomic E-state index is -1.23. The summed E-state index contributed by atoms with van der Waals surface area (Å²) in [5.74, 6) is -3.03. The maximum atomic E-state index is 14.2. The van der Waals surface area contributed by atoms with Crippen molar-refractivity contribution in [2.75, 3.05) is 5.32 Å². The van der Waals surface area contributed by atoms with Crippen LogP contribution in [0.4, 0.5) is 19.3 Å². The average molecular weight is 327 g/mol. The van der Waals surface area contributed by atoms with Crippen LogP contribution >= 0.6 is 11.6 Å². The molecule has 8 heteroatoms.